The summed E-state index contributed by atoms with van der Waals surface area (Å²) in [5.41, 5.74) is -1.80. The van der Waals surface area contributed by atoms with Crippen LogP contribution in [-0.4, -0.2) is 126 Å². The van der Waals surface area contributed by atoms with Crippen LogP contribution in [0.3, 0.4) is 0 Å². The van der Waals surface area contributed by atoms with Crippen LogP contribution in [0.25, 0.3) is 10.2 Å². The van der Waals surface area contributed by atoms with E-state index in [2.05, 4.69) is 20.3 Å². The Balaban J connectivity index is 1.62. The number of amides is 1. The molecule has 3 aliphatic heterocycles. The van der Waals surface area contributed by atoms with Crippen molar-refractivity contribution in [2.45, 2.75) is 78.7 Å². The quantitative estimate of drug-likeness (QED) is 0.177. The molecule has 2 aromatic rings. The van der Waals surface area contributed by atoms with Crippen molar-refractivity contribution in [1.82, 2.24) is 20.1 Å². The third-order valence-electron chi connectivity index (χ3n) is 7.73. The molecule has 0 saturated carbocycles. The highest BCUT2D eigenvalue weighted by atomic mass is 35.5. The van der Waals surface area contributed by atoms with E-state index < -0.39 is 89.3 Å². The first-order chi connectivity index (χ1) is 21.1. The number of aromatic nitrogens is 1. The van der Waals surface area contributed by atoms with Gasteiger partial charge >= 0.3 is 6.18 Å². The van der Waals surface area contributed by atoms with Gasteiger partial charge in [-0.3, -0.25) is 24.3 Å². The molecule has 0 aliphatic carbocycles. The van der Waals surface area contributed by atoms with Gasteiger partial charge in [0, 0.05) is 19.6 Å². The smallest absolute Gasteiger partial charge is 0.394 e. The first-order valence-electron chi connectivity index (χ1n) is 13.4. The Kier molecular flexibility index (Phi) is 8.97. The number of thioether (sulfide) groups is 1. The highest BCUT2D eigenvalue weighted by molar-refractivity contribution is 8.01. The number of ether oxygens (including phenoxy) is 1. The monoisotopic (exact) mass is 692 g/mol. The number of nitrogens with zero attached hydrogens (tertiary/aromatic N) is 5. The number of aliphatic imine (C=N–C) groups is 2. The molecule has 0 radical (unpaired) electrons. The molecule has 13 nitrogen and oxygen atoms in total. The standard InChI is InChI=1S/C26H28ClF3N6O7S2/c1-11(38)24-21(33-17(26(28,29)30)9-44-23-32-14-6-4-5-7-16(14)45-23)34-25(27,12(2)39)36(13(3)40)22(24)35(10-31-24)20-19(42)18(41)15(8-37)43-20/h4-7,10,15,17-20,22,37,41-42H,8-9H2,1-3H3,(H,33,34)/t15-,17?,18?,19?,20-,22?,24?,25?/m1/s1. The molecule has 1 aromatic carbocycles. The van der Waals surface area contributed by atoms with Crippen molar-refractivity contribution in [3.8, 4) is 0 Å². The third kappa shape index (κ3) is 5.59. The summed E-state index contributed by atoms with van der Waals surface area (Å²) in [6, 6.07) is 4.55. The number of fused-ring (bicyclic) bond motifs is 2. The third-order valence-corrected chi connectivity index (χ3v) is 10.5. The number of nitrogens with one attached hydrogen (secondary N) is 1. The number of halogens is 4. The molecule has 244 valence electrons. The molecule has 2 fully saturated rings. The van der Waals surface area contributed by atoms with Crippen LogP contribution < -0.4 is 5.32 Å². The topological polar surface area (TPSA) is 177 Å². The van der Waals surface area contributed by atoms with E-state index in [-0.39, 0.29) is 0 Å². The second-order valence-corrected chi connectivity index (χ2v) is 13.4. The van der Waals surface area contributed by atoms with Gasteiger partial charge in [-0.15, -0.1) is 11.3 Å². The van der Waals surface area contributed by atoms with Crippen molar-refractivity contribution in [2.75, 3.05) is 12.4 Å². The molecule has 1 amide bonds. The summed E-state index contributed by atoms with van der Waals surface area (Å²) in [4.78, 5) is 53.8. The van der Waals surface area contributed by atoms with Crippen LogP contribution >= 0.6 is 34.7 Å². The Morgan fingerprint density at radius 3 is 2.44 bits per heavy atom. The minimum Gasteiger partial charge on any atom is -0.394 e. The number of Topliss-reactive ketones (excluding diaryl/α,β-unsaturated/α-hetero) is 2. The minimum absolute atomic E-state index is 0.342. The second-order valence-electron chi connectivity index (χ2n) is 10.6. The van der Waals surface area contributed by atoms with Crippen LogP contribution in [0, 0.1) is 0 Å². The molecule has 19 heteroatoms. The summed E-state index contributed by atoms with van der Waals surface area (Å²) in [6.45, 7) is 2.27. The Labute approximate surface area is 267 Å². The Morgan fingerprint density at radius 1 is 1.20 bits per heavy atom. The average molecular weight is 693 g/mol. The molecular weight excluding hydrogens is 665 g/mol. The zero-order chi connectivity index (χ0) is 33.1. The molecule has 8 atom stereocenters. The van der Waals surface area contributed by atoms with Crippen molar-refractivity contribution in [1.29, 1.82) is 0 Å². The van der Waals surface area contributed by atoms with Crippen LogP contribution in [0.1, 0.15) is 20.8 Å². The number of hydrogen-bond donors (Lipinski definition) is 4. The van der Waals surface area contributed by atoms with Gasteiger partial charge in [-0.2, -0.15) is 13.2 Å². The molecule has 0 bridgehead atoms. The van der Waals surface area contributed by atoms with Gasteiger partial charge in [0.2, 0.25) is 11.4 Å². The SMILES string of the molecule is CC(=O)N1C2N([C@@H]3O[C@H](CO)C(O)C3O)C=NC2(C(C)=O)C(=NC(CSc2nc3ccccc3s2)C(F)(F)F)NC1(Cl)C(C)=O. The van der Waals surface area contributed by atoms with Crippen molar-refractivity contribution in [3.63, 3.8) is 0 Å². The van der Waals surface area contributed by atoms with Crippen LogP contribution in [0.4, 0.5) is 13.2 Å². The van der Waals surface area contributed by atoms with E-state index in [0.29, 0.717) is 14.8 Å². The second kappa shape index (κ2) is 12.1. The lowest BCUT2D eigenvalue weighted by Crippen LogP contribution is -2.81. The predicted octanol–water partition coefficient (Wildman–Crippen LogP) is 1.09. The number of thiazole rings is 1. The molecule has 1 aromatic heterocycles. The number of benzene rings is 1. The van der Waals surface area contributed by atoms with E-state index >= 15 is 0 Å². The lowest BCUT2D eigenvalue weighted by atomic mass is 9.85. The van der Waals surface area contributed by atoms with Gasteiger partial charge in [-0.1, -0.05) is 35.5 Å². The normalized spacial score (nSPS) is 33.0. The van der Waals surface area contributed by atoms with Crippen LogP contribution in [0.2, 0.25) is 0 Å². The summed E-state index contributed by atoms with van der Waals surface area (Å²) in [5.74, 6) is -4.16. The molecule has 45 heavy (non-hydrogen) atoms. The van der Waals surface area contributed by atoms with Gasteiger partial charge in [0.05, 0.1) is 23.2 Å². The number of hydrogen-bond acceptors (Lipinski definition) is 13. The van der Waals surface area contributed by atoms with Crippen LogP contribution in [0.15, 0.2) is 38.6 Å². The van der Waals surface area contributed by atoms with Crippen molar-refractivity contribution in [2.24, 2.45) is 9.98 Å². The summed E-state index contributed by atoms with van der Waals surface area (Å²) in [6.07, 6.45) is -12.0. The molecular formula is C26H28ClF3N6O7S2. The summed E-state index contributed by atoms with van der Waals surface area (Å²) in [5, 5.41) is 30.6. The number of carbonyl (C=O) groups excluding carboxylic acids is 3. The largest absolute Gasteiger partial charge is 0.411 e. The van der Waals surface area contributed by atoms with Gasteiger partial charge < -0.3 is 30.3 Å². The van der Waals surface area contributed by atoms with E-state index in [9.17, 15) is 42.9 Å². The minimum atomic E-state index is -4.96. The number of alkyl halides is 4. The first kappa shape index (κ1) is 33.5. The fraction of sp³-hybridized carbons (Fsp3) is 0.538. The lowest BCUT2D eigenvalue weighted by molar-refractivity contribution is -0.163. The number of aliphatic hydroxyl groups is 3. The number of carbonyl (C=O) groups is 3. The highest BCUT2D eigenvalue weighted by Gasteiger charge is 2.68. The molecule has 0 spiro atoms. The van der Waals surface area contributed by atoms with Crippen molar-refractivity contribution < 1.29 is 47.6 Å². The summed E-state index contributed by atoms with van der Waals surface area (Å²) in [7, 11) is 0. The zero-order valence-electron chi connectivity index (χ0n) is 23.8. The van der Waals surface area contributed by atoms with Gasteiger partial charge in [-0.25, -0.2) is 9.98 Å². The average Bonchev–Trinajstić information content (AvgIpc) is 3.64. The van der Waals surface area contributed by atoms with Crippen molar-refractivity contribution in [3.05, 3.63) is 24.3 Å². The van der Waals surface area contributed by atoms with E-state index in [1.54, 1.807) is 24.3 Å². The summed E-state index contributed by atoms with van der Waals surface area (Å²) < 4.78 is 50.3. The fourth-order valence-electron chi connectivity index (χ4n) is 5.46. The maximum Gasteiger partial charge on any atom is 0.411 e. The lowest BCUT2D eigenvalue weighted by Gasteiger charge is -2.54. The Morgan fingerprint density at radius 2 is 1.89 bits per heavy atom. The van der Waals surface area contributed by atoms with Gasteiger partial charge in [-0.05, 0) is 19.1 Å². The molecule has 3 aliphatic rings. The Hall–Kier alpha value is -2.87. The predicted molar refractivity (Wildman–Crippen MR) is 158 cm³/mol. The molecule has 4 N–H and O–H groups in total. The highest BCUT2D eigenvalue weighted by Crippen LogP contribution is 2.44. The molecule has 4 heterocycles. The van der Waals surface area contributed by atoms with Gasteiger partial charge in [0.15, 0.2) is 34.3 Å². The molecule has 6 unspecified atom stereocenters. The van der Waals surface area contributed by atoms with E-state index in [1.165, 1.54) is 11.3 Å². The van der Waals surface area contributed by atoms with E-state index in [0.717, 1.165) is 48.5 Å². The summed E-state index contributed by atoms with van der Waals surface area (Å²) >= 11 is 8.67. The van der Waals surface area contributed by atoms with Crippen molar-refractivity contribution >= 4 is 74.6 Å². The van der Waals surface area contributed by atoms with E-state index in [4.69, 9.17) is 16.3 Å². The Bertz CT molecular complexity index is 1550. The fourth-order valence-corrected chi connectivity index (χ4v) is 7.89. The number of rotatable bonds is 8. The number of aliphatic hydroxyl groups excluding tert-OH is 3. The van der Waals surface area contributed by atoms with Crippen LogP contribution in [-0.2, 0) is 19.1 Å². The molecule has 5 rings (SSSR count). The number of ketones is 2. The molecule has 2 saturated heterocycles. The van der Waals surface area contributed by atoms with Crippen LogP contribution in [0.5, 0.6) is 0 Å². The number of para-hydroxylation sites is 1. The first-order valence-corrected chi connectivity index (χ1v) is 15.6. The number of amidine groups is 1. The maximum atomic E-state index is 14.5. The zero-order valence-corrected chi connectivity index (χ0v) is 26.2. The van der Waals surface area contributed by atoms with Gasteiger partial charge in [0.25, 0.3) is 5.12 Å². The maximum absolute atomic E-state index is 14.5. The van der Waals surface area contributed by atoms with Gasteiger partial charge in [0.1, 0.15) is 24.1 Å². The van der Waals surface area contributed by atoms with E-state index in [1.807, 2.05) is 0 Å².